The Kier molecular flexibility index (Phi) is 4.64. The third kappa shape index (κ3) is 4.01. The summed E-state index contributed by atoms with van der Waals surface area (Å²) in [6, 6.07) is 15.3. The normalized spacial score (nSPS) is 13.2. The van der Waals surface area contributed by atoms with Gasteiger partial charge in [0.05, 0.1) is 17.7 Å². The van der Waals surface area contributed by atoms with Gasteiger partial charge >= 0.3 is 0 Å². The SMILES string of the molecule is O=S(=O)(Nc1ccc(NCc2ccco2)cc1)c1ccc2c(c1)OCCO2. The summed E-state index contributed by atoms with van der Waals surface area (Å²) in [5.41, 5.74) is 1.32. The van der Waals surface area contributed by atoms with Crippen molar-refractivity contribution in [1.82, 2.24) is 0 Å². The zero-order valence-corrected chi connectivity index (χ0v) is 15.2. The molecule has 0 saturated heterocycles. The highest BCUT2D eigenvalue weighted by Crippen LogP contribution is 2.32. The van der Waals surface area contributed by atoms with Crippen molar-refractivity contribution < 1.29 is 22.3 Å². The van der Waals surface area contributed by atoms with Crippen molar-refractivity contribution in [2.75, 3.05) is 23.3 Å². The predicted octanol–water partition coefficient (Wildman–Crippen LogP) is 3.46. The van der Waals surface area contributed by atoms with Gasteiger partial charge in [0.25, 0.3) is 10.0 Å². The number of nitrogens with one attached hydrogen (secondary N) is 2. The lowest BCUT2D eigenvalue weighted by Gasteiger charge is -2.19. The topological polar surface area (TPSA) is 89.8 Å². The fraction of sp³-hybridized carbons (Fsp3) is 0.158. The molecule has 1 aliphatic rings. The average Bonchev–Trinajstić information content (AvgIpc) is 3.20. The van der Waals surface area contributed by atoms with Crippen molar-refractivity contribution in [3.8, 4) is 11.5 Å². The lowest BCUT2D eigenvalue weighted by molar-refractivity contribution is 0.171. The molecule has 0 radical (unpaired) electrons. The largest absolute Gasteiger partial charge is 0.486 e. The Balaban J connectivity index is 1.44. The molecule has 0 atom stereocenters. The summed E-state index contributed by atoms with van der Waals surface area (Å²) >= 11 is 0. The first-order valence-corrected chi connectivity index (χ1v) is 9.87. The van der Waals surface area contributed by atoms with Crippen LogP contribution in [0, 0.1) is 0 Å². The lowest BCUT2D eigenvalue weighted by atomic mass is 10.3. The van der Waals surface area contributed by atoms with Crippen molar-refractivity contribution in [3.05, 3.63) is 66.6 Å². The predicted molar refractivity (Wildman–Crippen MR) is 101 cm³/mol. The van der Waals surface area contributed by atoms with Crippen molar-refractivity contribution >= 4 is 21.4 Å². The van der Waals surface area contributed by atoms with Crippen LogP contribution in [0.1, 0.15) is 5.76 Å². The molecule has 0 spiro atoms. The van der Waals surface area contributed by atoms with Gasteiger partial charge < -0.3 is 19.2 Å². The van der Waals surface area contributed by atoms with Crippen LogP contribution in [-0.2, 0) is 16.6 Å². The fourth-order valence-corrected chi connectivity index (χ4v) is 3.74. The second-order valence-corrected chi connectivity index (χ2v) is 7.60. The second-order valence-electron chi connectivity index (χ2n) is 5.92. The first-order valence-electron chi connectivity index (χ1n) is 8.39. The summed E-state index contributed by atoms with van der Waals surface area (Å²) in [5.74, 6) is 1.80. The average molecular weight is 386 g/mol. The Morgan fingerprint density at radius 3 is 2.37 bits per heavy atom. The summed E-state index contributed by atoms with van der Waals surface area (Å²) in [5, 5.41) is 3.20. The van der Waals surface area contributed by atoms with E-state index in [0.717, 1.165) is 11.4 Å². The fourth-order valence-electron chi connectivity index (χ4n) is 2.66. The molecule has 2 heterocycles. The van der Waals surface area contributed by atoms with Gasteiger partial charge in [0.2, 0.25) is 0 Å². The number of benzene rings is 2. The third-order valence-electron chi connectivity index (χ3n) is 4.01. The number of ether oxygens (including phenoxy) is 2. The maximum atomic E-state index is 12.6. The van der Waals surface area contributed by atoms with Gasteiger partial charge in [-0.15, -0.1) is 0 Å². The molecule has 1 aliphatic heterocycles. The van der Waals surface area contributed by atoms with Crippen molar-refractivity contribution in [3.63, 3.8) is 0 Å². The number of furan rings is 1. The van der Waals surface area contributed by atoms with Gasteiger partial charge in [-0.2, -0.15) is 0 Å². The molecule has 1 aromatic heterocycles. The van der Waals surface area contributed by atoms with Gasteiger partial charge in [-0.05, 0) is 48.5 Å². The van der Waals surface area contributed by atoms with Crippen molar-refractivity contribution in [1.29, 1.82) is 0 Å². The van der Waals surface area contributed by atoms with E-state index >= 15 is 0 Å². The van der Waals surface area contributed by atoms with Crippen LogP contribution in [0.25, 0.3) is 0 Å². The molecule has 2 N–H and O–H groups in total. The quantitative estimate of drug-likeness (QED) is 0.674. The van der Waals surface area contributed by atoms with Gasteiger partial charge in [-0.1, -0.05) is 0 Å². The molecule has 8 heteroatoms. The highest BCUT2D eigenvalue weighted by molar-refractivity contribution is 7.92. The maximum absolute atomic E-state index is 12.6. The van der Waals surface area contributed by atoms with E-state index in [1.165, 1.54) is 12.1 Å². The van der Waals surface area contributed by atoms with Gasteiger partial charge in [0.15, 0.2) is 11.5 Å². The number of hydrogen-bond donors (Lipinski definition) is 2. The van der Waals surface area contributed by atoms with Gasteiger partial charge in [-0.3, -0.25) is 4.72 Å². The number of fused-ring (bicyclic) bond motifs is 1. The molecular formula is C19H18N2O5S. The first-order chi connectivity index (χ1) is 13.1. The molecule has 3 aromatic rings. The van der Waals surface area contributed by atoms with Gasteiger partial charge in [0.1, 0.15) is 19.0 Å². The molecule has 7 nitrogen and oxygen atoms in total. The minimum Gasteiger partial charge on any atom is -0.486 e. The number of rotatable bonds is 6. The Hall–Kier alpha value is -3.13. The second kappa shape index (κ2) is 7.24. The van der Waals surface area contributed by atoms with E-state index in [-0.39, 0.29) is 4.90 Å². The standard InChI is InChI=1S/C19H18N2O5S/c22-27(23,17-7-8-18-19(12-17)26-11-10-25-18)21-15-5-3-14(4-6-15)20-13-16-2-1-9-24-16/h1-9,12,20-21H,10-11,13H2. The molecule has 140 valence electrons. The molecule has 4 rings (SSSR count). The molecule has 0 saturated carbocycles. The zero-order valence-electron chi connectivity index (χ0n) is 14.3. The van der Waals surface area contributed by atoms with Crippen LogP contribution in [0.3, 0.4) is 0 Å². The van der Waals surface area contributed by atoms with Gasteiger partial charge in [0, 0.05) is 17.4 Å². The molecule has 0 fully saturated rings. The van der Waals surface area contributed by atoms with Crippen LogP contribution in [0.4, 0.5) is 11.4 Å². The van der Waals surface area contributed by atoms with E-state index in [9.17, 15) is 8.42 Å². The van der Waals surface area contributed by atoms with Crippen LogP contribution in [-0.4, -0.2) is 21.6 Å². The smallest absolute Gasteiger partial charge is 0.262 e. The number of anilines is 2. The van der Waals surface area contributed by atoms with E-state index in [2.05, 4.69) is 10.0 Å². The molecule has 0 bridgehead atoms. The Bertz CT molecular complexity index is 1010. The van der Waals surface area contributed by atoms with Crippen LogP contribution >= 0.6 is 0 Å². The minimum absolute atomic E-state index is 0.117. The van der Waals surface area contributed by atoms with Crippen LogP contribution in [0.5, 0.6) is 11.5 Å². The highest BCUT2D eigenvalue weighted by Gasteiger charge is 2.19. The van der Waals surface area contributed by atoms with Crippen LogP contribution in [0.2, 0.25) is 0 Å². The first kappa shape index (κ1) is 17.3. The van der Waals surface area contributed by atoms with E-state index in [4.69, 9.17) is 13.9 Å². The van der Waals surface area contributed by atoms with E-state index in [0.29, 0.717) is 36.9 Å². The summed E-state index contributed by atoms with van der Waals surface area (Å²) in [7, 11) is -3.73. The number of hydrogen-bond acceptors (Lipinski definition) is 6. The Morgan fingerprint density at radius 2 is 1.63 bits per heavy atom. The summed E-state index contributed by atoms with van der Waals surface area (Å²) in [6.45, 7) is 1.41. The minimum atomic E-state index is -3.73. The zero-order chi connectivity index (χ0) is 18.7. The molecule has 2 aromatic carbocycles. The lowest BCUT2D eigenvalue weighted by Crippen LogP contribution is -2.17. The third-order valence-corrected chi connectivity index (χ3v) is 5.39. The molecule has 0 aliphatic carbocycles. The Labute approximate surface area is 157 Å². The van der Waals surface area contributed by atoms with Crippen molar-refractivity contribution in [2.45, 2.75) is 11.4 Å². The molecule has 0 unspecified atom stereocenters. The van der Waals surface area contributed by atoms with Gasteiger partial charge in [-0.25, -0.2) is 8.42 Å². The Morgan fingerprint density at radius 1 is 0.889 bits per heavy atom. The number of sulfonamides is 1. The summed E-state index contributed by atoms with van der Waals surface area (Å²) < 4.78 is 43.9. The van der Waals surface area contributed by atoms with Crippen LogP contribution in [0.15, 0.2) is 70.2 Å². The van der Waals surface area contributed by atoms with Crippen molar-refractivity contribution in [2.24, 2.45) is 0 Å². The van der Waals surface area contributed by atoms with E-state index < -0.39 is 10.0 Å². The maximum Gasteiger partial charge on any atom is 0.262 e. The molecule has 27 heavy (non-hydrogen) atoms. The molecular weight excluding hydrogens is 368 g/mol. The van der Waals surface area contributed by atoms with Crippen LogP contribution < -0.4 is 19.5 Å². The highest BCUT2D eigenvalue weighted by atomic mass is 32.2. The monoisotopic (exact) mass is 386 g/mol. The van der Waals surface area contributed by atoms with E-state index in [1.807, 2.05) is 12.1 Å². The van der Waals surface area contributed by atoms with E-state index in [1.54, 1.807) is 36.6 Å². The molecule has 0 amide bonds. The summed E-state index contributed by atoms with van der Waals surface area (Å²) in [4.78, 5) is 0.117. The summed E-state index contributed by atoms with van der Waals surface area (Å²) in [6.07, 6.45) is 1.62.